The molecule has 0 unspecified atom stereocenters. The van der Waals surface area contributed by atoms with Crippen LogP contribution in [0.15, 0.2) is 90.4 Å². The molecule has 0 aliphatic carbocycles. The zero-order valence-electron chi connectivity index (χ0n) is 44.1. The summed E-state index contributed by atoms with van der Waals surface area (Å²) in [5.74, 6) is -8.90. The summed E-state index contributed by atoms with van der Waals surface area (Å²) < 4.78 is 0. The molecule has 7 atom stereocenters. The molecule has 2 heterocycles. The number of imidazole rings is 1. The summed E-state index contributed by atoms with van der Waals surface area (Å²) in [7, 11) is 0. The first-order chi connectivity index (χ1) is 37.7. The molecule has 0 aliphatic rings. The van der Waals surface area contributed by atoms with Crippen LogP contribution in [-0.4, -0.2) is 141 Å². The van der Waals surface area contributed by atoms with Gasteiger partial charge in [0.15, 0.2) is 5.96 Å². The lowest BCUT2D eigenvalue weighted by atomic mass is 9.97. The number of hydrogen-bond donors (Lipinski definition) is 15. The summed E-state index contributed by atoms with van der Waals surface area (Å²) in [6.45, 7) is 2.77. The van der Waals surface area contributed by atoms with Crippen LogP contribution < -0.4 is 65.9 Å². The Labute approximate surface area is 455 Å². The monoisotopic (exact) mass is 1090 g/mol. The highest BCUT2D eigenvalue weighted by molar-refractivity contribution is 5.98. The molecule has 0 spiro atoms. The zero-order valence-corrected chi connectivity index (χ0v) is 44.1. The summed E-state index contributed by atoms with van der Waals surface area (Å²) in [5, 5.41) is 30.2. The average Bonchev–Trinajstić information content (AvgIpc) is 4.09. The van der Waals surface area contributed by atoms with E-state index in [1.807, 2.05) is 60.7 Å². The van der Waals surface area contributed by atoms with E-state index in [1.165, 1.54) is 12.5 Å². The molecule has 0 bridgehead atoms. The molecule has 424 valence electrons. The lowest BCUT2D eigenvalue weighted by Gasteiger charge is -2.26. The average molecular weight is 1090 g/mol. The molecular weight excluding hydrogens is 1020 g/mol. The minimum atomic E-state index is -1.68. The second-order valence-electron chi connectivity index (χ2n) is 19.3. The number of carbonyl (C=O) groups excluding carboxylic acids is 8. The van der Waals surface area contributed by atoms with Gasteiger partial charge in [0, 0.05) is 54.8 Å². The number of aliphatic imine (C=N–C) groups is 1. The number of para-hydroxylation sites is 1. The second kappa shape index (κ2) is 30.1. The van der Waals surface area contributed by atoms with Crippen molar-refractivity contribution < 1.29 is 48.3 Å². The Morgan fingerprint density at radius 1 is 0.633 bits per heavy atom. The molecule has 5 rings (SSSR count). The highest BCUT2D eigenvalue weighted by Crippen LogP contribution is 2.22. The molecule has 20 N–H and O–H groups in total. The number of guanidine groups is 1. The van der Waals surface area contributed by atoms with E-state index in [0.29, 0.717) is 29.7 Å². The van der Waals surface area contributed by atoms with Gasteiger partial charge in [-0.05, 0) is 72.5 Å². The number of rotatable bonds is 32. The second-order valence-corrected chi connectivity index (χ2v) is 19.3. The van der Waals surface area contributed by atoms with Crippen LogP contribution in [0.1, 0.15) is 69.2 Å². The van der Waals surface area contributed by atoms with E-state index in [2.05, 4.69) is 57.2 Å². The SMILES string of the molecule is CC(C)[C@H](NC(=O)[C@H](CC(=O)O)NC(=O)[C@H](CCCCN)NC(=O)CNC(=O)[C@H](Cc1c[nH]c2ccccc12)NC(=O)[C@H](CCCN=C(N)N)NC(=O)[C@@H](Cc1cccc2ccccc12)NC(=O)[C@@H](N)Cc1cnc[nH]1)C(N)=O. The predicted octanol–water partition coefficient (Wildman–Crippen LogP) is -1.78. The Kier molecular flexibility index (Phi) is 23.3. The fourth-order valence-corrected chi connectivity index (χ4v) is 8.73. The van der Waals surface area contributed by atoms with E-state index < -0.39 is 114 Å². The van der Waals surface area contributed by atoms with Gasteiger partial charge >= 0.3 is 5.97 Å². The number of H-pyrrole nitrogens is 2. The Bertz CT molecular complexity index is 2940. The number of nitrogens with two attached hydrogens (primary N) is 5. The van der Waals surface area contributed by atoms with Crippen molar-refractivity contribution in [2.45, 2.75) is 114 Å². The number of carbonyl (C=O) groups is 9. The van der Waals surface area contributed by atoms with Gasteiger partial charge < -0.3 is 81.0 Å². The maximum atomic E-state index is 14.7. The van der Waals surface area contributed by atoms with Gasteiger partial charge in [-0.3, -0.25) is 48.1 Å². The Balaban J connectivity index is 1.39. The summed E-state index contributed by atoms with van der Waals surface area (Å²) in [5.41, 5.74) is 31.3. The molecule has 5 aromatic rings. The summed E-state index contributed by atoms with van der Waals surface area (Å²) in [4.78, 5) is 136. The first-order valence-electron chi connectivity index (χ1n) is 25.8. The van der Waals surface area contributed by atoms with Crippen molar-refractivity contribution in [1.29, 1.82) is 0 Å². The number of nitrogens with one attached hydrogen (secondary N) is 9. The number of aromatic amines is 2. The number of nitrogens with zero attached hydrogens (tertiary/aromatic N) is 2. The molecule has 0 fully saturated rings. The summed E-state index contributed by atoms with van der Waals surface area (Å²) in [6, 6.07) is 10.9. The van der Waals surface area contributed by atoms with Crippen molar-refractivity contribution in [1.82, 2.24) is 52.2 Å². The molecule has 0 aliphatic heterocycles. The van der Waals surface area contributed by atoms with Gasteiger partial charge in [0.25, 0.3) is 0 Å². The minimum Gasteiger partial charge on any atom is -0.481 e. The molecule has 79 heavy (non-hydrogen) atoms. The molecule has 0 saturated carbocycles. The number of amides is 8. The van der Waals surface area contributed by atoms with Gasteiger partial charge in [0.2, 0.25) is 47.3 Å². The minimum absolute atomic E-state index is 0.0139. The predicted molar refractivity (Wildman–Crippen MR) is 294 cm³/mol. The van der Waals surface area contributed by atoms with E-state index in [9.17, 15) is 48.3 Å². The van der Waals surface area contributed by atoms with E-state index in [-0.39, 0.29) is 57.6 Å². The molecule has 26 nitrogen and oxygen atoms in total. The van der Waals surface area contributed by atoms with E-state index >= 15 is 0 Å². The fraction of sp³-hybridized carbons (Fsp3) is 0.415. The van der Waals surface area contributed by atoms with E-state index in [0.717, 1.165) is 21.7 Å². The van der Waals surface area contributed by atoms with Crippen molar-refractivity contribution in [2.24, 2.45) is 39.6 Å². The number of primary amides is 1. The van der Waals surface area contributed by atoms with Gasteiger partial charge in [-0.2, -0.15) is 0 Å². The maximum absolute atomic E-state index is 14.7. The number of aromatic nitrogens is 3. The molecule has 2 aromatic heterocycles. The van der Waals surface area contributed by atoms with Crippen molar-refractivity contribution in [3.05, 3.63) is 102 Å². The molecule has 3 aromatic carbocycles. The number of benzene rings is 3. The van der Waals surface area contributed by atoms with Crippen LogP contribution >= 0.6 is 0 Å². The van der Waals surface area contributed by atoms with Gasteiger partial charge in [-0.25, -0.2) is 4.98 Å². The van der Waals surface area contributed by atoms with Gasteiger partial charge in [-0.15, -0.1) is 0 Å². The van der Waals surface area contributed by atoms with Crippen LogP contribution in [0, 0.1) is 5.92 Å². The topological polar surface area (TPSA) is 445 Å². The van der Waals surface area contributed by atoms with Crippen molar-refractivity contribution in [3.63, 3.8) is 0 Å². The smallest absolute Gasteiger partial charge is 0.305 e. The van der Waals surface area contributed by atoms with Crippen LogP contribution in [0.4, 0.5) is 0 Å². The zero-order chi connectivity index (χ0) is 57.6. The normalized spacial score (nSPS) is 13.8. The quantitative estimate of drug-likeness (QED) is 0.0129. The van der Waals surface area contributed by atoms with Gasteiger partial charge in [0.05, 0.1) is 25.3 Å². The van der Waals surface area contributed by atoms with Crippen LogP contribution in [0.25, 0.3) is 21.7 Å². The van der Waals surface area contributed by atoms with Crippen LogP contribution in [0.3, 0.4) is 0 Å². The Morgan fingerprint density at radius 3 is 1.90 bits per heavy atom. The summed E-state index contributed by atoms with van der Waals surface area (Å²) >= 11 is 0. The number of carboxylic acids is 1. The molecule has 8 amide bonds. The van der Waals surface area contributed by atoms with Gasteiger partial charge in [0.1, 0.15) is 36.3 Å². The number of carboxylic acid groups (broad SMARTS) is 1. The first-order valence-corrected chi connectivity index (χ1v) is 25.8. The molecule has 0 saturated heterocycles. The number of aliphatic carboxylic acids is 1. The third-order valence-electron chi connectivity index (χ3n) is 12.9. The summed E-state index contributed by atoms with van der Waals surface area (Å²) in [6.07, 6.45) is 4.51. The lowest BCUT2D eigenvalue weighted by molar-refractivity contribution is -0.141. The van der Waals surface area contributed by atoms with E-state index in [4.69, 9.17) is 28.7 Å². The third kappa shape index (κ3) is 19.0. The molecule has 0 radical (unpaired) electrons. The molecule has 26 heteroatoms. The number of hydrogen-bond acceptors (Lipinski definition) is 13. The maximum Gasteiger partial charge on any atom is 0.305 e. The fourth-order valence-electron chi connectivity index (χ4n) is 8.73. The molecular formula is C53H72N16O10. The highest BCUT2D eigenvalue weighted by atomic mass is 16.4. The van der Waals surface area contributed by atoms with Crippen molar-refractivity contribution >= 4 is 80.9 Å². The standard InChI is InChI=1S/C53H72N16O10/c1-29(2)45(46(56)73)69-52(79)42(24-44(71)72)68-49(76)38(17-7-8-19-54)64-43(70)27-62-48(75)40(22-32-25-61-37-16-6-5-15-35(32)37)67-50(77)39(18-10-20-60-53(57)58)65-51(78)41(66-47(74)36(55)23-33-26-59-28-63-33)21-31-13-9-12-30-11-3-4-14-34(30)31/h3-6,9,11-16,25-26,28-29,36,38-42,45,61H,7-8,10,17-24,27,54-55H2,1-2H3,(H2,56,73)(H,59,63)(H,62,75)(H,64,70)(H,65,78)(H,66,74)(H,67,77)(H,68,76)(H,69,79)(H,71,72)(H4,57,58,60)/t36-,38-,39-,40-,41+,42-,45-/m0/s1. The number of unbranched alkanes of at least 4 members (excludes halogenated alkanes) is 1. The Hall–Kier alpha value is -8.91. The largest absolute Gasteiger partial charge is 0.481 e. The van der Waals surface area contributed by atoms with Crippen LogP contribution in [-0.2, 0) is 62.4 Å². The van der Waals surface area contributed by atoms with E-state index in [1.54, 1.807) is 26.1 Å². The van der Waals surface area contributed by atoms with Crippen molar-refractivity contribution in [3.8, 4) is 0 Å². The third-order valence-corrected chi connectivity index (χ3v) is 12.9. The number of fused-ring (bicyclic) bond motifs is 2. The van der Waals surface area contributed by atoms with Crippen LogP contribution in [0.5, 0.6) is 0 Å². The lowest BCUT2D eigenvalue weighted by Crippen LogP contribution is -2.59. The van der Waals surface area contributed by atoms with Crippen LogP contribution in [0.2, 0.25) is 0 Å². The Morgan fingerprint density at radius 2 is 1.23 bits per heavy atom. The highest BCUT2D eigenvalue weighted by Gasteiger charge is 2.34. The van der Waals surface area contributed by atoms with Crippen molar-refractivity contribution in [2.75, 3.05) is 19.6 Å². The van der Waals surface area contributed by atoms with Gasteiger partial charge in [-0.1, -0.05) is 74.5 Å². The first kappa shape index (κ1) is 60.9.